The van der Waals surface area contributed by atoms with Crippen LogP contribution in [-0.2, 0) is 0 Å². The first-order chi connectivity index (χ1) is 6.79. The van der Waals surface area contributed by atoms with Crippen LogP contribution in [0.2, 0.25) is 0 Å². The van der Waals surface area contributed by atoms with E-state index in [4.69, 9.17) is 0 Å². The van der Waals surface area contributed by atoms with Gasteiger partial charge in [0.15, 0.2) is 0 Å². The van der Waals surface area contributed by atoms with Gasteiger partial charge >= 0.3 is 0 Å². The maximum atomic E-state index is 13.3. The second-order valence-electron chi connectivity index (χ2n) is 2.68. The molecule has 2 rings (SSSR count). The lowest BCUT2D eigenvalue weighted by molar-refractivity contribution is 0.587. The Balaban J connectivity index is 2.61. The standard InChI is InChI=1S/C10H6BrFN2/c11-9-7(3-1-5-13-9)8-4-2-6-14-10(8)12/h1-6H. The molecule has 2 aromatic rings. The van der Waals surface area contributed by atoms with E-state index in [2.05, 4.69) is 25.9 Å². The van der Waals surface area contributed by atoms with Crippen LogP contribution < -0.4 is 0 Å². The predicted molar refractivity (Wildman–Crippen MR) is 55.1 cm³/mol. The van der Waals surface area contributed by atoms with E-state index in [1.807, 2.05) is 0 Å². The first-order valence-corrected chi connectivity index (χ1v) is 4.80. The first kappa shape index (κ1) is 9.27. The van der Waals surface area contributed by atoms with Crippen LogP contribution in [0.4, 0.5) is 4.39 Å². The molecule has 0 spiro atoms. The lowest BCUT2D eigenvalue weighted by Crippen LogP contribution is -1.89. The molecular formula is C10H6BrFN2. The molecule has 0 radical (unpaired) electrons. The van der Waals surface area contributed by atoms with Crippen molar-refractivity contribution < 1.29 is 4.39 Å². The normalized spacial score (nSPS) is 10.1. The van der Waals surface area contributed by atoms with Crippen LogP contribution in [0.1, 0.15) is 0 Å². The van der Waals surface area contributed by atoms with Crippen molar-refractivity contribution >= 4 is 15.9 Å². The second-order valence-corrected chi connectivity index (χ2v) is 3.43. The molecule has 0 aliphatic carbocycles. The summed E-state index contributed by atoms with van der Waals surface area (Å²) in [5, 5.41) is 0. The van der Waals surface area contributed by atoms with Crippen molar-refractivity contribution in [2.45, 2.75) is 0 Å². The Kier molecular flexibility index (Phi) is 2.54. The third-order valence-corrected chi connectivity index (χ3v) is 2.44. The number of hydrogen-bond donors (Lipinski definition) is 0. The summed E-state index contributed by atoms with van der Waals surface area (Å²) in [7, 11) is 0. The number of aromatic nitrogens is 2. The Labute approximate surface area is 89.0 Å². The summed E-state index contributed by atoms with van der Waals surface area (Å²) in [5.74, 6) is -0.485. The zero-order chi connectivity index (χ0) is 9.97. The summed E-state index contributed by atoms with van der Waals surface area (Å²) in [5.41, 5.74) is 1.16. The highest BCUT2D eigenvalue weighted by Crippen LogP contribution is 2.26. The number of halogens is 2. The quantitative estimate of drug-likeness (QED) is 0.730. The molecule has 0 amide bonds. The number of nitrogens with zero attached hydrogens (tertiary/aromatic N) is 2. The highest BCUT2D eigenvalue weighted by molar-refractivity contribution is 9.10. The second kappa shape index (κ2) is 3.84. The zero-order valence-electron chi connectivity index (χ0n) is 7.11. The predicted octanol–water partition coefficient (Wildman–Crippen LogP) is 3.05. The Morgan fingerprint density at radius 3 is 2.29 bits per heavy atom. The van der Waals surface area contributed by atoms with Crippen molar-refractivity contribution in [3.05, 3.63) is 47.2 Å². The fourth-order valence-corrected chi connectivity index (χ4v) is 1.64. The lowest BCUT2D eigenvalue weighted by atomic mass is 10.1. The van der Waals surface area contributed by atoms with Gasteiger partial charge in [-0.3, -0.25) is 0 Å². The number of hydrogen-bond acceptors (Lipinski definition) is 2. The van der Waals surface area contributed by atoms with Crippen LogP contribution in [-0.4, -0.2) is 9.97 Å². The van der Waals surface area contributed by atoms with Crippen LogP contribution in [0.25, 0.3) is 11.1 Å². The highest BCUT2D eigenvalue weighted by atomic mass is 79.9. The molecule has 0 aromatic carbocycles. The van der Waals surface area contributed by atoms with E-state index in [-0.39, 0.29) is 0 Å². The Morgan fingerprint density at radius 2 is 1.64 bits per heavy atom. The van der Waals surface area contributed by atoms with E-state index in [9.17, 15) is 4.39 Å². The minimum Gasteiger partial charge on any atom is -0.249 e. The van der Waals surface area contributed by atoms with Crippen molar-refractivity contribution in [3.8, 4) is 11.1 Å². The van der Waals surface area contributed by atoms with Gasteiger partial charge in [0, 0.05) is 23.5 Å². The van der Waals surface area contributed by atoms with E-state index >= 15 is 0 Å². The molecule has 0 atom stereocenters. The van der Waals surface area contributed by atoms with Gasteiger partial charge in [-0.15, -0.1) is 0 Å². The van der Waals surface area contributed by atoms with Gasteiger partial charge in [-0.2, -0.15) is 4.39 Å². The van der Waals surface area contributed by atoms with Crippen LogP contribution >= 0.6 is 15.9 Å². The molecule has 2 nitrogen and oxygen atoms in total. The SMILES string of the molecule is Fc1ncccc1-c1cccnc1Br. The maximum Gasteiger partial charge on any atom is 0.220 e. The average molecular weight is 253 g/mol. The van der Waals surface area contributed by atoms with Crippen molar-refractivity contribution in [2.24, 2.45) is 0 Å². The van der Waals surface area contributed by atoms with Crippen LogP contribution in [0.3, 0.4) is 0 Å². The van der Waals surface area contributed by atoms with E-state index < -0.39 is 5.95 Å². The Bertz CT molecular complexity index is 416. The van der Waals surface area contributed by atoms with E-state index in [1.54, 1.807) is 30.5 Å². The van der Waals surface area contributed by atoms with Crippen molar-refractivity contribution in [1.29, 1.82) is 0 Å². The minimum absolute atomic E-state index is 0.451. The molecule has 0 aliphatic heterocycles. The van der Waals surface area contributed by atoms with Crippen LogP contribution in [0.15, 0.2) is 41.3 Å². The highest BCUT2D eigenvalue weighted by Gasteiger charge is 2.08. The summed E-state index contributed by atoms with van der Waals surface area (Å²) in [4.78, 5) is 7.60. The molecule has 0 unspecified atom stereocenters. The third-order valence-electron chi connectivity index (χ3n) is 1.81. The van der Waals surface area contributed by atoms with Crippen LogP contribution in [0, 0.1) is 5.95 Å². The van der Waals surface area contributed by atoms with Gasteiger partial charge in [-0.1, -0.05) is 0 Å². The van der Waals surface area contributed by atoms with Gasteiger partial charge in [-0.05, 0) is 40.2 Å². The number of pyridine rings is 2. The Hall–Kier alpha value is -1.29. The van der Waals surface area contributed by atoms with Gasteiger partial charge in [0.1, 0.15) is 4.60 Å². The van der Waals surface area contributed by atoms with E-state index in [0.29, 0.717) is 15.7 Å². The summed E-state index contributed by atoms with van der Waals surface area (Å²) >= 11 is 3.26. The van der Waals surface area contributed by atoms with Gasteiger partial charge in [0.25, 0.3) is 0 Å². The fourth-order valence-electron chi connectivity index (χ4n) is 1.17. The van der Waals surface area contributed by atoms with Crippen molar-refractivity contribution in [1.82, 2.24) is 9.97 Å². The average Bonchev–Trinajstić information content (AvgIpc) is 2.20. The summed E-state index contributed by atoms with van der Waals surface area (Å²) in [6.07, 6.45) is 3.06. The minimum atomic E-state index is -0.485. The van der Waals surface area contributed by atoms with Gasteiger partial charge < -0.3 is 0 Å². The van der Waals surface area contributed by atoms with Gasteiger partial charge in [-0.25, -0.2) is 9.97 Å². The molecule has 0 fully saturated rings. The molecule has 0 saturated heterocycles. The van der Waals surface area contributed by atoms with E-state index in [1.165, 1.54) is 6.20 Å². The molecule has 2 heterocycles. The van der Waals surface area contributed by atoms with Gasteiger partial charge in [0.05, 0.1) is 0 Å². The smallest absolute Gasteiger partial charge is 0.220 e. The van der Waals surface area contributed by atoms with E-state index in [0.717, 1.165) is 0 Å². The topological polar surface area (TPSA) is 25.8 Å². The van der Waals surface area contributed by atoms with Crippen LogP contribution in [0.5, 0.6) is 0 Å². The summed E-state index contributed by atoms with van der Waals surface area (Å²) in [6.45, 7) is 0. The molecule has 2 aromatic heterocycles. The molecule has 70 valence electrons. The molecule has 0 saturated carbocycles. The Morgan fingerprint density at radius 1 is 1.00 bits per heavy atom. The fraction of sp³-hybridized carbons (Fsp3) is 0. The molecule has 4 heteroatoms. The molecule has 0 aliphatic rings. The van der Waals surface area contributed by atoms with Crippen molar-refractivity contribution in [3.63, 3.8) is 0 Å². The molecule has 0 N–H and O–H groups in total. The lowest BCUT2D eigenvalue weighted by Gasteiger charge is -2.03. The number of rotatable bonds is 1. The molecule has 14 heavy (non-hydrogen) atoms. The largest absolute Gasteiger partial charge is 0.249 e. The van der Waals surface area contributed by atoms with Crippen molar-refractivity contribution in [2.75, 3.05) is 0 Å². The van der Waals surface area contributed by atoms with Gasteiger partial charge in [0.2, 0.25) is 5.95 Å². The third kappa shape index (κ3) is 1.65. The summed E-state index contributed by atoms with van der Waals surface area (Å²) < 4.78 is 13.9. The first-order valence-electron chi connectivity index (χ1n) is 4.00. The summed E-state index contributed by atoms with van der Waals surface area (Å²) in [6, 6.07) is 6.91. The molecule has 0 bridgehead atoms. The zero-order valence-corrected chi connectivity index (χ0v) is 8.70. The molecular weight excluding hydrogens is 247 g/mol. The maximum absolute atomic E-state index is 13.3. The monoisotopic (exact) mass is 252 g/mol.